The van der Waals surface area contributed by atoms with Crippen LogP contribution < -0.4 is 0 Å². The zero-order valence-electron chi connectivity index (χ0n) is 13.1. The normalized spacial score (nSPS) is 45.0. The molecule has 2 saturated carbocycles. The Morgan fingerprint density at radius 2 is 2.10 bits per heavy atom. The maximum Gasteiger partial charge on any atom is 0.0622 e. The molecule has 0 amide bonds. The van der Waals surface area contributed by atoms with Crippen molar-refractivity contribution < 1.29 is 10.2 Å². The fourth-order valence-corrected chi connectivity index (χ4v) is 5.49. The summed E-state index contributed by atoms with van der Waals surface area (Å²) < 4.78 is 0. The van der Waals surface area contributed by atoms with Crippen LogP contribution in [0.4, 0.5) is 0 Å². The summed E-state index contributed by atoms with van der Waals surface area (Å²) in [5.41, 5.74) is 1.08. The minimum atomic E-state index is -0.591. The van der Waals surface area contributed by atoms with E-state index in [9.17, 15) is 10.2 Å². The molecule has 2 aliphatic carbocycles. The lowest BCUT2D eigenvalue weighted by atomic mass is 9.59. The SMILES string of the molecule is C=C1C2CN(CCO)CC3C2C(C(C)(C)O)CCC13C. The summed E-state index contributed by atoms with van der Waals surface area (Å²) in [4.78, 5) is 2.40. The lowest BCUT2D eigenvalue weighted by Gasteiger charge is -2.50. The molecule has 3 fully saturated rings. The molecule has 2 N–H and O–H groups in total. The van der Waals surface area contributed by atoms with E-state index in [0.717, 1.165) is 32.5 Å². The second kappa shape index (κ2) is 4.56. The second-order valence-corrected chi connectivity index (χ2v) is 8.02. The van der Waals surface area contributed by atoms with Gasteiger partial charge < -0.3 is 15.1 Å². The van der Waals surface area contributed by atoms with Crippen molar-refractivity contribution in [2.75, 3.05) is 26.2 Å². The Bertz CT molecular complexity index is 414. The summed E-state index contributed by atoms with van der Waals surface area (Å²) in [5, 5.41) is 19.8. The number of β-amino-alcohol motifs (C(OH)–C–C–N with tert-alkyl or cyclic N) is 1. The molecule has 5 unspecified atom stereocenters. The molecule has 0 aromatic rings. The molecule has 3 nitrogen and oxygen atoms in total. The molecule has 0 aromatic heterocycles. The van der Waals surface area contributed by atoms with Gasteiger partial charge in [-0.05, 0) is 55.8 Å². The molecule has 20 heavy (non-hydrogen) atoms. The highest BCUT2D eigenvalue weighted by Crippen LogP contribution is 2.65. The van der Waals surface area contributed by atoms with Gasteiger partial charge in [0.15, 0.2) is 0 Å². The minimum Gasteiger partial charge on any atom is -0.395 e. The van der Waals surface area contributed by atoms with Crippen LogP contribution in [0.1, 0.15) is 33.6 Å². The number of hydrogen-bond acceptors (Lipinski definition) is 3. The monoisotopic (exact) mass is 279 g/mol. The number of piperidine rings is 1. The fourth-order valence-electron chi connectivity index (χ4n) is 5.49. The number of nitrogens with zero attached hydrogens (tertiary/aromatic N) is 1. The number of hydrogen-bond donors (Lipinski definition) is 2. The molecular weight excluding hydrogens is 250 g/mol. The molecule has 3 heteroatoms. The molecule has 3 rings (SSSR count). The lowest BCUT2D eigenvalue weighted by molar-refractivity contribution is -0.0849. The largest absolute Gasteiger partial charge is 0.395 e. The van der Waals surface area contributed by atoms with E-state index in [1.807, 2.05) is 13.8 Å². The van der Waals surface area contributed by atoms with E-state index in [0.29, 0.717) is 23.7 Å². The van der Waals surface area contributed by atoms with Crippen LogP contribution in [0, 0.1) is 29.1 Å². The van der Waals surface area contributed by atoms with Gasteiger partial charge in [0.05, 0.1) is 12.2 Å². The van der Waals surface area contributed by atoms with Gasteiger partial charge in [-0.15, -0.1) is 0 Å². The molecule has 3 aliphatic rings. The first-order chi connectivity index (χ1) is 9.29. The van der Waals surface area contributed by atoms with Crippen LogP contribution in [0.2, 0.25) is 0 Å². The third-order valence-electron chi connectivity index (χ3n) is 6.60. The Morgan fingerprint density at radius 3 is 2.70 bits per heavy atom. The lowest BCUT2D eigenvalue weighted by Crippen LogP contribution is -2.53. The summed E-state index contributed by atoms with van der Waals surface area (Å²) in [6, 6.07) is 0. The first kappa shape index (κ1) is 14.6. The van der Waals surface area contributed by atoms with Crippen LogP contribution in [0.15, 0.2) is 12.2 Å². The van der Waals surface area contributed by atoms with Crippen molar-refractivity contribution in [2.24, 2.45) is 29.1 Å². The van der Waals surface area contributed by atoms with Crippen LogP contribution in [0.5, 0.6) is 0 Å². The quantitative estimate of drug-likeness (QED) is 0.776. The molecule has 0 radical (unpaired) electrons. The Labute approximate surface area is 122 Å². The van der Waals surface area contributed by atoms with Crippen LogP contribution in [-0.4, -0.2) is 47.0 Å². The summed E-state index contributed by atoms with van der Waals surface area (Å²) in [5.74, 6) is 2.08. The average molecular weight is 279 g/mol. The molecule has 5 atom stereocenters. The maximum atomic E-state index is 10.6. The number of rotatable bonds is 3. The predicted octanol–water partition coefficient (Wildman–Crippen LogP) is 1.90. The van der Waals surface area contributed by atoms with Crippen LogP contribution in [0.25, 0.3) is 0 Å². The number of aliphatic hydroxyl groups excluding tert-OH is 1. The topological polar surface area (TPSA) is 43.7 Å². The van der Waals surface area contributed by atoms with E-state index in [1.165, 1.54) is 5.57 Å². The van der Waals surface area contributed by atoms with E-state index < -0.39 is 5.60 Å². The van der Waals surface area contributed by atoms with Crippen LogP contribution in [-0.2, 0) is 0 Å². The van der Waals surface area contributed by atoms with Crippen LogP contribution >= 0.6 is 0 Å². The van der Waals surface area contributed by atoms with E-state index in [1.54, 1.807) is 0 Å². The van der Waals surface area contributed by atoms with Gasteiger partial charge in [-0.1, -0.05) is 19.1 Å². The van der Waals surface area contributed by atoms with Crippen molar-refractivity contribution in [3.05, 3.63) is 12.2 Å². The Balaban J connectivity index is 1.93. The minimum absolute atomic E-state index is 0.238. The number of likely N-dealkylation sites (tertiary alicyclic amines) is 1. The first-order valence-corrected chi connectivity index (χ1v) is 8.04. The maximum absolute atomic E-state index is 10.6. The highest BCUT2D eigenvalue weighted by atomic mass is 16.3. The van der Waals surface area contributed by atoms with Crippen molar-refractivity contribution in [1.82, 2.24) is 4.90 Å². The summed E-state index contributed by atoms with van der Waals surface area (Å²) in [7, 11) is 0. The Hall–Kier alpha value is -0.380. The van der Waals surface area contributed by atoms with Crippen molar-refractivity contribution in [3.63, 3.8) is 0 Å². The van der Waals surface area contributed by atoms with E-state index in [2.05, 4.69) is 18.4 Å². The van der Waals surface area contributed by atoms with Gasteiger partial charge in [-0.3, -0.25) is 0 Å². The smallest absolute Gasteiger partial charge is 0.0622 e. The van der Waals surface area contributed by atoms with Crippen molar-refractivity contribution in [1.29, 1.82) is 0 Å². The Kier molecular flexibility index (Phi) is 3.32. The Morgan fingerprint density at radius 1 is 1.40 bits per heavy atom. The highest BCUT2D eigenvalue weighted by Gasteiger charge is 2.62. The molecule has 0 aromatic carbocycles. The van der Waals surface area contributed by atoms with Gasteiger partial charge in [0.2, 0.25) is 0 Å². The third-order valence-corrected chi connectivity index (χ3v) is 6.60. The van der Waals surface area contributed by atoms with Crippen molar-refractivity contribution in [3.8, 4) is 0 Å². The second-order valence-electron chi connectivity index (χ2n) is 8.02. The first-order valence-electron chi connectivity index (χ1n) is 8.04. The summed E-state index contributed by atoms with van der Waals surface area (Å²) in [6.07, 6.45) is 2.28. The number of aliphatic hydroxyl groups is 2. The standard InChI is InChI=1S/C17H29NO2/c1-11-12-9-18(7-8-19)10-14-15(12)13(16(2,3)20)5-6-17(11,14)4/h12-15,19-20H,1,5-10H2,2-4H3. The van der Waals surface area contributed by atoms with Gasteiger partial charge in [0.25, 0.3) is 0 Å². The molecule has 114 valence electrons. The van der Waals surface area contributed by atoms with Crippen LogP contribution in [0.3, 0.4) is 0 Å². The van der Waals surface area contributed by atoms with Gasteiger partial charge in [-0.2, -0.15) is 0 Å². The summed E-state index contributed by atoms with van der Waals surface area (Å²) >= 11 is 0. The van der Waals surface area contributed by atoms with Crippen molar-refractivity contribution in [2.45, 2.75) is 39.2 Å². The third kappa shape index (κ3) is 1.90. The predicted molar refractivity (Wildman–Crippen MR) is 80.3 cm³/mol. The van der Waals surface area contributed by atoms with Gasteiger partial charge in [0.1, 0.15) is 0 Å². The fraction of sp³-hybridized carbons (Fsp3) is 0.882. The average Bonchev–Trinajstić information content (AvgIpc) is 2.47. The van der Waals surface area contributed by atoms with E-state index >= 15 is 0 Å². The van der Waals surface area contributed by atoms with Gasteiger partial charge >= 0.3 is 0 Å². The molecular formula is C17H29NO2. The highest BCUT2D eigenvalue weighted by molar-refractivity contribution is 5.29. The summed E-state index contributed by atoms with van der Waals surface area (Å²) in [6.45, 7) is 13.9. The molecule has 1 heterocycles. The molecule has 1 saturated heterocycles. The van der Waals surface area contributed by atoms with E-state index in [4.69, 9.17) is 0 Å². The van der Waals surface area contributed by atoms with Gasteiger partial charge in [-0.25, -0.2) is 0 Å². The molecule has 0 spiro atoms. The molecule has 4 bridgehead atoms. The van der Waals surface area contributed by atoms with E-state index in [-0.39, 0.29) is 12.0 Å². The zero-order chi connectivity index (χ0) is 14.7. The van der Waals surface area contributed by atoms with Gasteiger partial charge in [0, 0.05) is 19.6 Å². The molecule has 1 aliphatic heterocycles. The van der Waals surface area contributed by atoms with Crippen molar-refractivity contribution >= 4 is 0 Å². The zero-order valence-corrected chi connectivity index (χ0v) is 13.1.